The number of fused-ring (bicyclic) bond motifs is 1. The average molecular weight is 474 g/mol. The third kappa shape index (κ3) is 3.90. The molecule has 3 heterocycles. The zero-order valence-electron chi connectivity index (χ0n) is 18.8. The maximum Gasteiger partial charge on any atom is 0.335 e. The van der Waals surface area contributed by atoms with E-state index in [0.717, 1.165) is 5.69 Å². The summed E-state index contributed by atoms with van der Waals surface area (Å²) in [7, 11) is 1.91. The Morgan fingerprint density at radius 3 is 2.49 bits per heavy atom. The lowest BCUT2D eigenvalue weighted by atomic mass is 9.98. The number of benzene rings is 2. The summed E-state index contributed by atoms with van der Waals surface area (Å²) in [5, 5.41) is 20.4. The molecule has 0 aliphatic carbocycles. The van der Waals surface area contributed by atoms with Gasteiger partial charge in [-0.1, -0.05) is 12.1 Å². The van der Waals surface area contributed by atoms with Crippen LogP contribution >= 0.6 is 0 Å². The number of ketones is 1. The molecular weight excluding hydrogens is 452 g/mol. The molecule has 1 unspecified atom stereocenters. The number of carboxylic acids is 1. The van der Waals surface area contributed by atoms with Crippen molar-refractivity contribution in [1.29, 1.82) is 0 Å². The molecule has 1 aromatic heterocycles. The molecule has 2 N–H and O–H groups in total. The smallest absolute Gasteiger partial charge is 0.335 e. The van der Waals surface area contributed by atoms with E-state index in [1.807, 2.05) is 11.9 Å². The fourth-order valence-corrected chi connectivity index (χ4v) is 4.39. The van der Waals surface area contributed by atoms with E-state index in [4.69, 9.17) is 14.3 Å². The Morgan fingerprint density at radius 2 is 1.80 bits per heavy atom. The third-order valence-corrected chi connectivity index (χ3v) is 6.23. The number of carboxylic acid groups (broad SMARTS) is 1. The predicted octanol–water partition coefficient (Wildman–Crippen LogP) is 3.43. The first kappa shape index (κ1) is 22.3. The number of aliphatic hydroxyl groups is 1. The van der Waals surface area contributed by atoms with Crippen LogP contribution in [-0.2, 0) is 16.1 Å². The molecule has 1 saturated heterocycles. The minimum Gasteiger partial charge on any atom is -0.507 e. The molecule has 5 rings (SSSR count). The molecule has 1 amide bonds. The van der Waals surface area contributed by atoms with E-state index in [0.29, 0.717) is 35.8 Å². The standard InChI is InChI=1S/C26H22N2O7/c1-27-10-12-35-19-9-8-17(13-18(19)27)23(29)21-22(20-3-2-11-34-20)28(25(31)24(21)30)14-15-4-6-16(7-5-15)26(32)33/h2-9,11,13,22,29H,10,12,14H2,1H3,(H,32,33)/b23-21-. The van der Waals surface area contributed by atoms with E-state index >= 15 is 0 Å². The molecule has 1 fully saturated rings. The molecule has 1 atom stereocenters. The summed E-state index contributed by atoms with van der Waals surface area (Å²) >= 11 is 0. The zero-order chi connectivity index (χ0) is 24.7. The van der Waals surface area contributed by atoms with Gasteiger partial charge in [0.1, 0.15) is 29.9 Å². The lowest BCUT2D eigenvalue weighted by molar-refractivity contribution is -0.140. The fourth-order valence-electron chi connectivity index (χ4n) is 4.39. The van der Waals surface area contributed by atoms with E-state index < -0.39 is 23.7 Å². The number of ether oxygens (including phenoxy) is 1. The monoisotopic (exact) mass is 474 g/mol. The van der Waals surface area contributed by atoms with Crippen LogP contribution < -0.4 is 9.64 Å². The maximum atomic E-state index is 13.2. The highest BCUT2D eigenvalue weighted by molar-refractivity contribution is 6.46. The fraction of sp³-hybridized carbons (Fsp3) is 0.192. The zero-order valence-corrected chi connectivity index (χ0v) is 18.8. The number of carbonyl (C=O) groups excluding carboxylic acids is 2. The first-order chi connectivity index (χ1) is 16.8. The van der Waals surface area contributed by atoms with Crippen LogP contribution in [-0.4, -0.2) is 53.0 Å². The Balaban J connectivity index is 1.57. The minimum absolute atomic E-state index is 0.0212. The third-order valence-electron chi connectivity index (χ3n) is 6.23. The van der Waals surface area contributed by atoms with E-state index in [2.05, 4.69) is 0 Å². The van der Waals surface area contributed by atoms with Gasteiger partial charge in [-0.05, 0) is 48.0 Å². The van der Waals surface area contributed by atoms with E-state index in [-0.39, 0.29) is 23.4 Å². The first-order valence-electron chi connectivity index (χ1n) is 11.0. The van der Waals surface area contributed by atoms with Gasteiger partial charge >= 0.3 is 5.97 Å². The molecule has 0 saturated carbocycles. The average Bonchev–Trinajstić information content (AvgIpc) is 3.47. The van der Waals surface area contributed by atoms with Gasteiger partial charge in [0.05, 0.1) is 29.6 Å². The molecule has 2 aliphatic rings. The molecule has 0 bridgehead atoms. The lowest BCUT2D eigenvalue weighted by Gasteiger charge is -2.28. The van der Waals surface area contributed by atoms with Gasteiger partial charge in [0.2, 0.25) is 0 Å². The second-order valence-electron chi connectivity index (χ2n) is 8.40. The van der Waals surface area contributed by atoms with Gasteiger partial charge in [-0.15, -0.1) is 0 Å². The Hall–Kier alpha value is -4.53. The van der Waals surface area contributed by atoms with Crippen LogP contribution in [0.25, 0.3) is 5.76 Å². The topological polar surface area (TPSA) is 121 Å². The second kappa shape index (κ2) is 8.68. The summed E-state index contributed by atoms with van der Waals surface area (Å²) in [6.45, 7) is 1.24. The molecule has 2 aromatic carbocycles. The molecule has 3 aromatic rings. The van der Waals surface area contributed by atoms with Crippen molar-refractivity contribution < 1.29 is 33.8 Å². The molecule has 2 aliphatic heterocycles. The predicted molar refractivity (Wildman–Crippen MR) is 125 cm³/mol. The highest BCUT2D eigenvalue weighted by Gasteiger charge is 2.47. The number of aliphatic hydroxyl groups excluding tert-OH is 1. The summed E-state index contributed by atoms with van der Waals surface area (Å²) in [6, 6.07) is 13.5. The Morgan fingerprint density at radius 1 is 1.06 bits per heavy atom. The number of likely N-dealkylation sites (tertiary alicyclic amines) is 1. The summed E-state index contributed by atoms with van der Waals surface area (Å²) in [5.74, 6) is -1.99. The van der Waals surface area contributed by atoms with Crippen LogP contribution in [0.1, 0.15) is 33.3 Å². The van der Waals surface area contributed by atoms with Crippen LogP contribution in [0.2, 0.25) is 0 Å². The SMILES string of the molecule is CN1CCOc2ccc(/C(O)=C3/C(=O)C(=O)N(Cc4ccc(C(=O)O)cc4)C3c3ccco3)cc21. The van der Waals surface area contributed by atoms with Gasteiger partial charge < -0.3 is 29.2 Å². The largest absolute Gasteiger partial charge is 0.507 e. The molecular formula is C26H22N2O7. The van der Waals surface area contributed by atoms with Crippen molar-refractivity contribution in [2.45, 2.75) is 12.6 Å². The van der Waals surface area contributed by atoms with Crippen molar-refractivity contribution in [3.63, 3.8) is 0 Å². The van der Waals surface area contributed by atoms with Gasteiger partial charge in [0.15, 0.2) is 0 Å². The maximum absolute atomic E-state index is 13.2. The Kier molecular flexibility index (Phi) is 5.52. The Labute approximate surface area is 200 Å². The van der Waals surface area contributed by atoms with Crippen LogP contribution in [0.4, 0.5) is 5.69 Å². The van der Waals surface area contributed by atoms with Gasteiger partial charge in [-0.25, -0.2) is 4.79 Å². The van der Waals surface area contributed by atoms with Crippen molar-refractivity contribution >= 4 is 29.1 Å². The number of anilines is 1. The quantitative estimate of drug-likeness (QED) is 0.328. The van der Waals surface area contributed by atoms with Crippen LogP contribution in [0.5, 0.6) is 5.75 Å². The molecule has 35 heavy (non-hydrogen) atoms. The minimum atomic E-state index is -1.06. The molecule has 178 valence electrons. The number of nitrogens with zero attached hydrogens (tertiary/aromatic N) is 2. The number of Topliss-reactive ketones (excluding diaryl/α,β-unsaturated/α-hetero) is 1. The number of likely N-dealkylation sites (N-methyl/N-ethyl adjacent to an activating group) is 1. The van der Waals surface area contributed by atoms with Gasteiger partial charge in [0, 0.05) is 19.2 Å². The van der Waals surface area contributed by atoms with Crippen molar-refractivity contribution in [2.75, 3.05) is 25.1 Å². The van der Waals surface area contributed by atoms with E-state index in [1.54, 1.807) is 42.5 Å². The molecule has 0 radical (unpaired) electrons. The number of rotatable bonds is 5. The van der Waals surface area contributed by atoms with Gasteiger partial charge in [0.25, 0.3) is 11.7 Å². The van der Waals surface area contributed by atoms with Crippen LogP contribution in [0, 0.1) is 0 Å². The summed E-state index contributed by atoms with van der Waals surface area (Å²) in [5.41, 5.74) is 1.80. The van der Waals surface area contributed by atoms with Crippen molar-refractivity contribution in [1.82, 2.24) is 4.90 Å². The number of amides is 1. The summed E-state index contributed by atoms with van der Waals surface area (Å²) < 4.78 is 11.2. The lowest BCUT2D eigenvalue weighted by Crippen LogP contribution is -2.29. The van der Waals surface area contributed by atoms with Crippen molar-refractivity contribution in [3.05, 3.63) is 88.9 Å². The molecule has 0 spiro atoms. The van der Waals surface area contributed by atoms with E-state index in [9.17, 15) is 19.5 Å². The summed E-state index contributed by atoms with van der Waals surface area (Å²) in [6.07, 6.45) is 1.43. The molecule has 9 nitrogen and oxygen atoms in total. The van der Waals surface area contributed by atoms with Gasteiger partial charge in [-0.2, -0.15) is 0 Å². The highest BCUT2D eigenvalue weighted by Crippen LogP contribution is 2.42. The second-order valence-corrected chi connectivity index (χ2v) is 8.40. The number of aromatic carboxylic acids is 1. The summed E-state index contributed by atoms with van der Waals surface area (Å²) in [4.78, 5) is 40.7. The Bertz CT molecular complexity index is 1340. The van der Waals surface area contributed by atoms with Crippen molar-refractivity contribution in [2.24, 2.45) is 0 Å². The first-order valence-corrected chi connectivity index (χ1v) is 11.0. The van der Waals surface area contributed by atoms with Crippen LogP contribution in [0.3, 0.4) is 0 Å². The van der Waals surface area contributed by atoms with Gasteiger partial charge in [-0.3, -0.25) is 9.59 Å². The highest BCUT2D eigenvalue weighted by atomic mass is 16.5. The van der Waals surface area contributed by atoms with Crippen LogP contribution in [0.15, 0.2) is 70.9 Å². The normalized spacial score (nSPS) is 18.9. The van der Waals surface area contributed by atoms with Crippen molar-refractivity contribution in [3.8, 4) is 5.75 Å². The number of hydrogen-bond donors (Lipinski definition) is 2. The number of carbonyl (C=O) groups is 3. The molecule has 9 heteroatoms. The number of furan rings is 1. The van der Waals surface area contributed by atoms with E-state index in [1.165, 1.54) is 23.3 Å². The number of hydrogen-bond acceptors (Lipinski definition) is 7.